The molecule has 90 valence electrons. The maximum absolute atomic E-state index is 13.1. The summed E-state index contributed by atoms with van der Waals surface area (Å²) >= 11 is 17.6. The summed E-state index contributed by atoms with van der Waals surface area (Å²) in [7, 11) is 0. The van der Waals surface area contributed by atoms with Gasteiger partial charge in [-0.2, -0.15) is 8.78 Å². The van der Waals surface area contributed by atoms with Crippen molar-refractivity contribution in [1.29, 1.82) is 0 Å². The van der Waals surface area contributed by atoms with Crippen LogP contribution in [0.25, 0.3) is 0 Å². The highest BCUT2D eigenvalue weighted by atomic mass is 35.5. The van der Waals surface area contributed by atoms with Crippen molar-refractivity contribution in [2.24, 2.45) is 0 Å². The van der Waals surface area contributed by atoms with E-state index in [0.717, 1.165) is 0 Å². The monoisotopic (exact) mass is 314 g/mol. The average molecular weight is 316 g/mol. The lowest BCUT2D eigenvalue weighted by molar-refractivity contribution is -0.143. The molecule has 0 aromatic heterocycles. The van der Waals surface area contributed by atoms with Gasteiger partial charge in [-0.15, -0.1) is 0 Å². The Morgan fingerprint density at radius 1 is 0.467 bits per heavy atom. The first-order valence-corrected chi connectivity index (χ1v) is 4.65. The van der Waals surface area contributed by atoms with E-state index in [9.17, 15) is 26.3 Å². The van der Waals surface area contributed by atoms with Crippen LogP contribution in [0.5, 0.6) is 0 Å². The molecular formula is C5Cl4F6. The number of alkyl halides is 10. The van der Waals surface area contributed by atoms with E-state index < -0.39 is 26.4 Å². The first-order valence-electron chi connectivity index (χ1n) is 3.14. The fraction of sp³-hybridized carbons (Fsp3) is 1.00. The second-order valence-electron chi connectivity index (χ2n) is 2.87. The molecule has 1 fully saturated rings. The van der Waals surface area contributed by atoms with Crippen LogP contribution in [0.4, 0.5) is 26.3 Å². The lowest BCUT2D eigenvalue weighted by Crippen LogP contribution is -2.49. The van der Waals surface area contributed by atoms with Crippen molar-refractivity contribution in [1.82, 2.24) is 0 Å². The summed E-state index contributed by atoms with van der Waals surface area (Å²) in [5.41, 5.74) is 0. The van der Waals surface area contributed by atoms with Gasteiger partial charge in [0.05, 0.1) is 0 Å². The topological polar surface area (TPSA) is 0 Å². The zero-order valence-electron chi connectivity index (χ0n) is 6.28. The van der Waals surface area contributed by atoms with Gasteiger partial charge in [-0.05, 0) is 0 Å². The van der Waals surface area contributed by atoms with Gasteiger partial charge in [0.2, 0.25) is 0 Å². The van der Waals surface area contributed by atoms with Crippen LogP contribution >= 0.6 is 46.4 Å². The van der Waals surface area contributed by atoms with E-state index in [1.807, 2.05) is 0 Å². The van der Waals surface area contributed by atoms with Gasteiger partial charge < -0.3 is 0 Å². The summed E-state index contributed by atoms with van der Waals surface area (Å²) in [5, 5.41) is -19.3. The van der Waals surface area contributed by atoms with Crippen molar-refractivity contribution in [2.75, 3.05) is 0 Å². The molecule has 4 atom stereocenters. The van der Waals surface area contributed by atoms with Crippen LogP contribution in [0.15, 0.2) is 0 Å². The van der Waals surface area contributed by atoms with Gasteiger partial charge in [-0.3, -0.25) is 0 Å². The van der Waals surface area contributed by atoms with E-state index >= 15 is 0 Å². The Labute approximate surface area is 99.4 Å². The van der Waals surface area contributed by atoms with Crippen LogP contribution in [0, 0.1) is 0 Å². The van der Waals surface area contributed by atoms with Gasteiger partial charge in [-0.25, -0.2) is 17.6 Å². The van der Waals surface area contributed by atoms with E-state index in [4.69, 9.17) is 0 Å². The van der Waals surface area contributed by atoms with Gasteiger partial charge in [0.1, 0.15) is 0 Å². The molecule has 0 aliphatic heterocycles. The predicted octanol–water partition coefficient (Wildman–Crippen LogP) is 4.25. The zero-order chi connectivity index (χ0) is 12.5. The molecule has 0 bridgehead atoms. The summed E-state index contributed by atoms with van der Waals surface area (Å²) in [4.78, 5) is 0. The number of rotatable bonds is 0. The van der Waals surface area contributed by atoms with E-state index in [0.29, 0.717) is 0 Å². The number of hydrogen-bond donors (Lipinski definition) is 0. The van der Waals surface area contributed by atoms with Crippen molar-refractivity contribution in [3.05, 3.63) is 0 Å². The standard InChI is InChI=1S/C5Cl4F6/c6-1(10)2(7,11)4(9,13)5(14,15)3(1,8)12/t1-,2-,3-,4+/m0/s1. The van der Waals surface area contributed by atoms with Gasteiger partial charge in [0.25, 0.3) is 10.3 Å². The third-order valence-electron chi connectivity index (χ3n) is 1.97. The second kappa shape index (κ2) is 2.94. The molecule has 0 nitrogen and oxygen atoms in total. The minimum atomic E-state index is -5.46. The lowest BCUT2D eigenvalue weighted by Gasteiger charge is -2.27. The van der Waals surface area contributed by atoms with Gasteiger partial charge in [0, 0.05) is 0 Å². The summed E-state index contributed by atoms with van der Waals surface area (Å²) < 4.78 is 77.9. The molecule has 1 aliphatic carbocycles. The molecule has 1 rings (SSSR count). The van der Waals surface area contributed by atoms with E-state index in [-0.39, 0.29) is 0 Å². The Morgan fingerprint density at radius 3 is 0.733 bits per heavy atom. The average Bonchev–Trinajstić information content (AvgIpc) is 2.04. The largest absolute Gasteiger partial charge is 0.351 e. The molecule has 10 heteroatoms. The molecule has 0 spiro atoms. The van der Waals surface area contributed by atoms with Gasteiger partial charge in [0.15, 0.2) is 0 Å². The molecule has 0 aromatic rings. The summed E-state index contributed by atoms with van der Waals surface area (Å²) in [6, 6.07) is 0. The molecule has 1 saturated carbocycles. The predicted molar refractivity (Wildman–Crippen MR) is 43.7 cm³/mol. The number of halogens is 10. The van der Waals surface area contributed by atoms with Crippen LogP contribution in [0.2, 0.25) is 0 Å². The minimum absolute atomic E-state index is 4.35. The molecule has 0 amide bonds. The van der Waals surface area contributed by atoms with E-state index in [1.165, 1.54) is 0 Å². The van der Waals surface area contributed by atoms with Gasteiger partial charge >= 0.3 is 16.2 Å². The smallest absolute Gasteiger partial charge is 0.216 e. The van der Waals surface area contributed by atoms with Crippen molar-refractivity contribution in [3.8, 4) is 0 Å². The van der Waals surface area contributed by atoms with Crippen molar-refractivity contribution >= 4 is 46.4 Å². The molecule has 0 aromatic carbocycles. The Bertz CT molecular complexity index is 208. The van der Waals surface area contributed by atoms with Crippen LogP contribution in [-0.2, 0) is 0 Å². The molecule has 0 heterocycles. The maximum Gasteiger partial charge on any atom is 0.351 e. The first kappa shape index (κ1) is 13.8. The summed E-state index contributed by atoms with van der Waals surface area (Å²) in [6.45, 7) is 0. The van der Waals surface area contributed by atoms with Crippen LogP contribution in [0.3, 0.4) is 0 Å². The number of hydrogen-bond acceptors (Lipinski definition) is 0. The molecule has 0 unspecified atom stereocenters. The SMILES string of the molecule is FC1(F)[C@](F)(Cl)[C@](F)(Cl)[C@@](F)(Cl)[C@]1(F)Cl. The molecule has 1 aliphatic rings. The molecular weight excluding hydrogens is 316 g/mol. The first-order chi connectivity index (χ1) is 6.25. The van der Waals surface area contributed by atoms with Gasteiger partial charge in [-0.1, -0.05) is 46.4 Å². The van der Waals surface area contributed by atoms with Crippen LogP contribution in [0.1, 0.15) is 0 Å². The quantitative estimate of drug-likeness (QED) is 0.463. The third kappa shape index (κ3) is 1.14. The van der Waals surface area contributed by atoms with Crippen LogP contribution < -0.4 is 0 Å². The van der Waals surface area contributed by atoms with Crippen molar-refractivity contribution in [3.63, 3.8) is 0 Å². The summed E-state index contributed by atoms with van der Waals surface area (Å²) in [5.74, 6) is -5.46. The fourth-order valence-corrected chi connectivity index (χ4v) is 2.15. The van der Waals surface area contributed by atoms with Crippen molar-refractivity contribution < 1.29 is 26.3 Å². The second-order valence-corrected chi connectivity index (χ2v) is 4.96. The molecule has 0 N–H and O–H groups in total. The Kier molecular flexibility index (Phi) is 2.71. The Balaban J connectivity index is 3.55. The minimum Gasteiger partial charge on any atom is -0.216 e. The van der Waals surface area contributed by atoms with E-state index in [2.05, 4.69) is 46.4 Å². The van der Waals surface area contributed by atoms with Crippen molar-refractivity contribution in [2.45, 2.75) is 26.4 Å². The molecule has 0 saturated heterocycles. The highest BCUT2D eigenvalue weighted by Crippen LogP contribution is 2.72. The fourth-order valence-electron chi connectivity index (χ4n) is 0.986. The zero-order valence-corrected chi connectivity index (χ0v) is 9.30. The van der Waals surface area contributed by atoms with E-state index in [1.54, 1.807) is 0 Å². The third-order valence-corrected chi connectivity index (χ3v) is 4.30. The molecule has 0 radical (unpaired) electrons. The Hall–Kier alpha value is 0.740. The normalized spacial score (nSPS) is 59.6. The lowest BCUT2D eigenvalue weighted by atomic mass is 10.2. The van der Waals surface area contributed by atoms with Crippen LogP contribution in [-0.4, -0.2) is 26.4 Å². The molecule has 15 heavy (non-hydrogen) atoms. The maximum atomic E-state index is 13.1. The Morgan fingerprint density at radius 2 is 0.667 bits per heavy atom. The summed E-state index contributed by atoms with van der Waals surface area (Å²) in [6.07, 6.45) is 0. The highest BCUT2D eigenvalue weighted by Gasteiger charge is 2.96. The highest BCUT2D eigenvalue weighted by molar-refractivity contribution is 6.45.